The maximum absolute atomic E-state index is 5.30. The smallest absolute Gasteiger partial charge is 0.134 e. The molecule has 0 aliphatic heterocycles. The fourth-order valence-corrected chi connectivity index (χ4v) is 4.20. The number of rotatable bonds is 2. The molecule has 1 heterocycles. The molecule has 0 saturated carbocycles. The first-order valence-electron chi connectivity index (χ1n) is 4.06. The van der Waals surface area contributed by atoms with Crippen LogP contribution in [-0.2, 0) is 5.33 Å². The van der Waals surface area contributed by atoms with Gasteiger partial charge in [-0.2, -0.15) is 0 Å². The molecule has 0 spiro atoms. The highest BCUT2D eigenvalue weighted by atomic mass is 79.9. The van der Waals surface area contributed by atoms with Crippen molar-refractivity contribution in [3.63, 3.8) is 0 Å². The molecule has 0 amide bonds. The number of methoxy groups -OCH3 is 1. The Morgan fingerprint density at radius 1 is 1.50 bits per heavy atom. The van der Waals surface area contributed by atoms with Crippen molar-refractivity contribution in [2.24, 2.45) is 0 Å². The summed E-state index contributed by atoms with van der Waals surface area (Å²) in [7, 11) is 1.69. The summed E-state index contributed by atoms with van der Waals surface area (Å²) in [6.45, 7) is 0. The molecule has 0 aliphatic carbocycles. The zero-order valence-corrected chi connectivity index (χ0v) is 11.5. The zero-order chi connectivity index (χ0) is 10.1. The highest BCUT2D eigenvalue weighted by Gasteiger charge is 2.11. The van der Waals surface area contributed by atoms with Crippen molar-refractivity contribution in [1.29, 1.82) is 0 Å². The maximum Gasteiger partial charge on any atom is 0.134 e. The SMILES string of the molecule is COc1cc2ccsc2c(CBr)c1Br. The predicted octanol–water partition coefficient (Wildman–Crippen LogP) is 4.57. The Balaban J connectivity index is 2.80. The molecule has 0 unspecified atom stereocenters. The van der Waals surface area contributed by atoms with Crippen LogP contribution in [0.3, 0.4) is 0 Å². The highest BCUT2D eigenvalue weighted by molar-refractivity contribution is 9.11. The van der Waals surface area contributed by atoms with Gasteiger partial charge in [-0.15, -0.1) is 11.3 Å². The Hall–Kier alpha value is -0.0600. The first-order valence-corrected chi connectivity index (χ1v) is 6.86. The summed E-state index contributed by atoms with van der Waals surface area (Å²) >= 11 is 8.81. The van der Waals surface area contributed by atoms with Gasteiger partial charge < -0.3 is 4.74 Å². The van der Waals surface area contributed by atoms with E-state index in [4.69, 9.17) is 4.74 Å². The van der Waals surface area contributed by atoms with Gasteiger partial charge in [-0.25, -0.2) is 0 Å². The van der Waals surface area contributed by atoms with Crippen LogP contribution >= 0.6 is 43.2 Å². The number of halogens is 2. The van der Waals surface area contributed by atoms with Crippen molar-refractivity contribution in [1.82, 2.24) is 0 Å². The van der Waals surface area contributed by atoms with E-state index in [9.17, 15) is 0 Å². The predicted molar refractivity (Wildman–Crippen MR) is 68.7 cm³/mol. The molecule has 0 saturated heterocycles. The van der Waals surface area contributed by atoms with E-state index >= 15 is 0 Å². The van der Waals surface area contributed by atoms with E-state index in [1.54, 1.807) is 18.4 Å². The minimum absolute atomic E-state index is 0.835. The number of ether oxygens (including phenoxy) is 1. The van der Waals surface area contributed by atoms with Crippen LogP contribution in [0.4, 0.5) is 0 Å². The van der Waals surface area contributed by atoms with Crippen LogP contribution in [0.2, 0.25) is 0 Å². The molecule has 14 heavy (non-hydrogen) atoms. The second kappa shape index (κ2) is 4.21. The second-order valence-corrected chi connectivity index (χ2v) is 5.11. The van der Waals surface area contributed by atoms with Crippen molar-refractivity contribution in [3.8, 4) is 5.75 Å². The molecular formula is C10H8Br2OS. The molecule has 0 aliphatic rings. The number of fused-ring (bicyclic) bond motifs is 1. The Kier molecular flexibility index (Phi) is 3.14. The molecule has 1 nitrogen and oxygen atoms in total. The Bertz CT molecular complexity index is 464. The standard InChI is InChI=1S/C10H8Br2OS/c1-13-8-4-6-2-3-14-10(6)7(5-11)9(8)12/h2-4H,5H2,1H3. The molecule has 1 aromatic heterocycles. The highest BCUT2D eigenvalue weighted by Crippen LogP contribution is 2.38. The van der Waals surface area contributed by atoms with Crippen molar-refractivity contribution < 1.29 is 4.74 Å². The monoisotopic (exact) mass is 334 g/mol. The van der Waals surface area contributed by atoms with E-state index in [1.807, 2.05) is 0 Å². The third kappa shape index (κ3) is 1.59. The third-order valence-electron chi connectivity index (χ3n) is 2.09. The fourth-order valence-electron chi connectivity index (χ4n) is 1.40. The summed E-state index contributed by atoms with van der Waals surface area (Å²) in [5.41, 5.74) is 1.26. The number of benzene rings is 1. The van der Waals surface area contributed by atoms with Crippen LogP contribution in [0, 0.1) is 0 Å². The molecular weight excluding hydrogens is 328 g/mol. The van der Waals surface area contributed by atoms with E-state index in [1.165, 1.54) is 15.6 Å². The molecule has 4 heteroatoms. The summed E-state index contributed by atoms with van der Waals surface area (Å²) in [5.74, 6) is 0.894. The van der Waals surface area contributed by atoms with Crippen molar-refractivity contribution in [3.05, 3.63) is 27.5 Å². The maximum atomic E-state index is 5.30. The summed E-state index contributed by atoms with van der Waals surface area (Å²) in [6.07, 6.45) is 0. The van der Waals surface area contributed by atoms with Crippen LogP contribution < -0.4 is 4.74 Å². The van der Waals surface area contributed by atoms with Gasteiger partial charge in [0.15, 0.2) is 0 Å². The van der Waals surface area contributed by atoms with Gasteiger partial charge in [-0.3, -0.25) is 0 Å². The van der Waals surface area contributed by atoms with E-state index in [0.29, 0.717) is 0 Å². The van der Waals surface area contributed by atoms with Gasteiger partial charge in [0.25, 0.3) is 0 Å². The summed E-state index contributed by atoms with van der Waals surface area (Å²) in [6, 6.07) is 4.17. The molecule has 74 valence electrons. The van der Waals surface area contributed by atoms with Gasteiger partial charge in [-0.1, -0.05) is 15.9 Å². The first-order chi connectivity index (χ1) is 6.77. The van der Waals surface area contributed by atoms with Crippen LogP contribution in [0.1, 0.15) is 5.56 Å². The summed E-state index contributed by atoms with van der Waals surface area (Å²) in [4.78, 5) is 0. The van der Waals surface area contributed by atoms with Crippen molar-refractivity contribution in [2.45, 2.75) is 5.33 Å². The Morgan fingerprint density at radius 3 is 2.93 bits per heavy atom. The van der Waals surface area contributed by atoms with Gasteiger partial charge in [0.05, 0.1) is 11.6 Å². The van der Waals surface area contributed by atoms with Crippen molar-refractivity contribution >= 4 is 53.3 Å². The van der Waals surface area contributed by atoms with Gasteiger partial charge in [-0.05, 0) is 44.4 Å². The molecule has 0 radical (unpaired) electrons. The molecule has 0 N–H and O–H groups in total. The van der Waals surface area contributed by atoms with E-state index in [0.717, 1.165) is 15.6 Å². The number of alkyl halides is 1. The Labute approximate surface area is 103 Å². The van der Waals surface area contributed by atoms with Crippen LogP contribution in [0.15, 0.2) is 22.0 Å². The molecule has 1 aromatic carbocycles. The van der Waals surface area contributed by atoms with E-state index in [2.05, 4.69) is 49.4 Å². The third-order valence-corrected chi connectivity index (χ3v) is 4.51. The minimum Gasteiger partial charge on any atom is -0.496 e. The topological polar surface area (TPSA) is 9.23 Å². The number of hydrogen-bond acceptors (Lipinski definition) is 2. The average molecular weight is 336 g/mol. The lowest BCUT2D eigenvalue weighted by Gasteiger charge is -2.08. The summed E-state index contributed by atoms with van der Waals surface area (Å²) in [5, 5.41) is 4.18. The van der Waals surface area contributed by atoms with Crippen molar-refractivity contribution in [2.75, 3.05) is 7.11 Å². The first kappa shape index (κ1) is 10.5. The largest absolute Gasteiger partial charge is 0.496 e. The van der Waals surface area contributed by atoms with Gasteiger partial charge in [0.1, 0.15) is 5.75 Å². The lowest BCUT2D eigenvalue weighted by Crippen LogP contribution is -1.88. The zero-order valence-electron chi connectivity index (χ0n) is 7.51. The molecule has 0 atom stereocenters. The molecule has 2 aromatic rings. The number of hydrogen-bond donors (Lipinski definition) is 0. The lowest BCUT2D eigenvalue weighted by atomic mass is 10.2. The van der Waals surface area contributed by atoms with Crippen LogP contribution in [0.5, 0.6) is 5.75 Å². The Morgan fingerprint density at radius 2 is 2.29 bits per heavy atom. The fraction of sp³-hybridized carbons (Fsp3) is 0.200. The van der Waals surface area contributed by atoms with Gasteiger partial charge in [0, 0.05) is 10.0 Å². The lowest BCUT2D eigenvalue weighted by molar-refractivity contribution is 0.412. The molecule has 0 bridgehead atoms. The van der Waals surface area contributed by atoms with Gasteiger partial charge >= 0.3 is 0 Å². The minimum atomic E-state index is 0.835. The quantitative estimate of drug-likeness (QED) is 0.730. The number of thiophene rings is 1. The molecule has 0 fully saturated rings. The summed E-state index contributed by atoms with van der Waals surface area (Å²) < 4.78 is 7.66. The average Bonchev–Trinajstić information content (AvgIpc) is 2.64. The van der Waals surface area contributed by atoms with E-state index < -0.39 is 0 Å². The normalized spacial score (nSPS) is 10.8. The van der Waals surface area contributed by atoms with Gasteiger partial charge in [0.2, 0.25) is 0 Å². The second-order valence-electron chi connectivity index (χ2n) is 2.84. The van der Waals surface area contributed by atoms with Crippen LogP contribution in [-0.4, -0.2) is 7.11 Å². The van der Waals surface area contributed by atoms with E-state index in [-0.39, 0.29) is 0 Å². The molecule has 2 rings (SSSR count). The van der Waals surface area contributed by atoms with Crippen LogP contribution in [0.25, 0.3) is 10.1 Å².